The van der Waals surface area contributed by atoms with Gasteiger partial charge in [-0.15, -0.1) is 0 Å². The van der Waals surface area contributed by atoms with E-state index in [9.17, 15) is 4.79 Å². The molecule has 1 unspecified atom stereocenters. The van der Waals surface area contributed by atoms with E-state index in [2.05, 4.69) is 26.6 Å². The molecule has 0 saturated carbocycles. The van der Waals surface area contributed by atoms with Crippen LogP contribution >= 0.6 is 27.5 Å². The van der Waals surface area contributed by atoms with Gasteiger partial charge >= 0.3 is 0 Å². The van der Waals surface area contributed by atoms with Gasteiger partial charge in [0.1, 0.15) is 0 Å². The standard InChI is InChI=1S/C12H14BrClN2O2/c13-11-2-1-8(14)5-10(11)12(17)16-6-9-7-18-4-3-15-9/h1-2,5,9,15H,3-4,6-7H2,(H,16,17). The van der Waals surface area contributed by atoms with Crippen LogP contribution in [0.5, 0.6) is 0 Å². The zero-order valence-corrected chi connectivity index (χ0v) is 12.1. The van der Waals surface area contributed by atoms with Crippen molar-refractivity contribution in [1.29, 1.82) is 0 Å². The highest BCUT2D eigenvalue weighted by Crippen LogP contribution is 2.20. The molecule has 0 spiro atoms. The number of halogens is 2. The lowest BCUT2D eigenvalue weighted by Crippen LogP contribution is -2.48. The number of rotatable bonds is 3. The first kappa shape index (κ1) is 13.8. The zero-order valence-electron chi connectivity index (χ0n) is 9.71. The van der Waals surface area contributed by atoms with Crippen molar-refractivity contribution in [2.24, 2.45) is 0 Å². The van der Waals surface area contributed by atoms with Crippen molar-refractivity contribution < 1.29 is 9.53 Å². The fraction of sp³-hybridized carbons (Fsp3) is 0.417. The van der Waals surface area contributed by atoms with Crippen molar-refractivity contribution in [2.45, 2.75) is 6.04 Å². The highest BCUT2D eigenvalue weighted by Gasteiger charge is 2.15. The van der Waals surface area contributed by atoms with Crippen LogP contribution in [0.4, 0.5) is 0 Å². The lowest BCUT2D eigenvalue weighted by Gasteiger charge is -2.24. The third-order valence-corrected chi connectivity index (χ3v) is 3.61. The second kappa shape index (κ2) is 6.52. The number of morpholine rings is 1. The third kappa shape index (κ3) is 3.68. The van der Waals surface area contributed by atoms with Crippen molar-refractivity contribution >= 4 is 33.4 Å². The molecule has 1 aliphatic rings. The molecule has 1 atom stereocenters. The quantitative estimate of drug-likeness (QED) is 0.887. The van der Waals surface area contributed by atoms with E-state index in [1.165, 1.54) is 0 Å². The number of carbonyl (C=O) groups excluding carboxylic acids is 1. The van der Waals surface area contributed by atoms with Gasteiger partial charge in [0.05, 0.1) is 18.8 Å². The molecule has 98 valence electrons. The van der Waals surface area contributed by atoms with Crippen molar-refractivity contribution in [2.75, 3.05) is 26.3 Å². The van der Waals surface area contributed by atoms with Crippen LogP contribution in [0.1, 0.15) is 10.4 Å². The van der Waals surface area contributed by atoms with Crippen LogP contribution in [-0.2, 0) is 4.74 Å². The van der Waals surface area contributed by atoms with Gasteiger partial charge in [-0.3, -0.25) is 4.79 Å². The number of carbonyl (C=O) groups is 1. The Bertz CT molecular complexity index is 436. The monoisotopic (exact) mass is 332 g/mol. The molecule has 1 fully saturated rings. The average Bonchev–Trinajstić information content (AvgIpc) is 2.40. The van der Waals surface area contributed by atoms with Crippen molar-refractivity contribution in [3.05, 3.63) is 33.3 Å². The van der Waals surface area contributed by atoms with E-state index in [1.54, 1.807) is 18.2 Å². The number of benzene rings is 1. The van der Waals surface area contributed by atoms with Crippen LogP contribution in [-0.4, -0.2) is 38.3 Å². The van der Waals surface area contributed by atoms with Crippen molar-refractivity contribution in [1.82, 2.24) is 10.6 Å². The predicted molar refractivity (Wildman–Crippen MR) is 74.1 cm³/mol. The minimum Gasteiger partial charge on any atom is -0.378 e. The first-order valence-electron chi connectivity index (χ1n) is 5.71. The van der Waals surface area contributed by atoms with E-state index in [1.807, 2.05) is 0 Å². The van der Waals surface area contributed by atoms with Gasteiger partial charge in [0, 0.05) is 28.6 Å². The molecule has 1 aromatic rings. The smallest absolute Gasteiger partial charge is 0.252 e. The van der Waals surface area contributed by atoms with Gasteiger partial charge in [-0.25, -0.2) is 0 Å². The Kier molecular flexibility index (Phi) is 5.00. The maximum atomic E-state index is 12.0. The molecule has 1 aromatic carbocycles. The van der Waals surface area contributed by atoms with Gasteiger partial charge in [0.25, 0.3) is 5.91 Å². The zero-order chi connectivity index (χ0) is 13.0. The summed E-state index contributed by atoms with van der Waals surface area (Å²) in [5.41, 5.74) is 0.541. The summed E-state index contributed by atoms with van der Waals surface area (Å²) in [5.74, 6) is -0.142. The Hall–Kier alpha value is -0.620. The second-order valence-corrected chi connectivity index (χ2v) is 5.35. The molecule has 1 amide bonds. The fourth-order valence-electron chi connectivity index (χ4n) is 1.73. The van der Waals surface area contributed by atoms with Crippen LogP contribution in [0.3, 0.4) is 0 Å². The Morgan fingerprint density at radius 3 is 3.17 bits per heavy atom. The summed E-state index contributed by atoms with van der Waals surface area (Å²) in [7, 11) is 0. The minimum atomic E-state index is -0.142. The topological polar surface area (TPSA) is 50.4 Å². The van der Waals surface area contributed by atoms with Crippen molar-refractivity contribution in [3.63, 3.8) is 0 Å². The minimum absolute atomic E-state index is 0.142. The van der Waals surface area contributed by atoms with E-state index in [-0.39, 0.29) is 11.9 Å². The summed E-state index contributed by atoms with van der Waals surface area (Å²) in [6.45, 7) is 2.71. The molecule has 18 heavy (non-hydrogen) atoms. The highest BCUT2D eigenvalue weighted by molar-refractivity contribution is 9.10. The van der Waals surface area contributed by atoms with E-state index in [0.717, 1.165) is 17.6 Å². The van der Waals surface area contributed by atoms with E-state index in [0.29, 0.717) is 23.7 Å². The van der Waals surface area contributed by atoms with Crippen LogP contribution in [0, 0.1) is 0 Å². The number of ether oxygens (including phenoxy) is 1. The molecule has 1 heterocycles. The number of nitrogens with one attached hydrogen (secondary N) is 2. The largest absolute Gasteiger partial charge is 0.378 e. The van der Waals surface area contributed by atoms with Gasteiger partial charge in [-0.05, 0) is 34.1 Å². The highest BCUT2D eigenvalue weighted by atomic mass is 79.9. The molecule has 2 rings (SSSR count). The summed E-state index contributed by atoms with van der Waals surface area (Å²) in [4.78, 5) is 12.0. The van der Waals surface area contributed by atoms with E-state index < -0.39 is 0 Å². The van der Waals surface area contributed by atoms with Crippen LogP contribution in [0.15, 0.2) is 22.7 Å². The first-order chi connectivity index (χ1) is 8.66. The third-order valence-electron chi connectivity index (χ3n) is 2.68. The molecule has 0 aromatic heterocycles. The summed E-state index contributed by atoms with van der Waals surface area (Å²) in [6, 6.07) is 5.31. The molecule has 1 saturated heterocycles. The summed E-state index contributed by atoms with van der Waals surface area (Å²) in [5, 5.41) is 6.68. The lowest BCUT2D eigenvalue weighted by molar-refractivity contribution is 0.0734. The van der Waals surface area contributed by atoms with E-state index in [4.69, 9.17) is 16.3 Å². The van der Waals surface area contributed by atoms with Gasteiger partial charge in [0.2, 0.25) is 0 Å². The SMILES string of the molecule is O=C(NCC1COCCN1)c1cc(Cl)ccc1Br. The Morgan fingerprint density at radius 1 is 1.61 bits per heavy atom. The molecule has 4 nitrogen and oxygen atoms in total. The molecular formula is C12H14BrClN2O2. The molecule has 1 aliphatic heterocycles. The number of amides is 1. The lowest BCUT2D eigenvalue weighted by atomic mass is 10.2. The van der Waals surface area contributed by atoms with E-state index >= 15 is 0 Å². The fourth-order valence-corrected chi connectivity index (χ4v) is 2.33. The Balaban J connectivity index is 1.92. The Morgan fingerprint density at radius 2 is 2.44 bits per heavy atom. The van der Waals surface area contributed by atoms with Gasteiger partial charge in [-0.2, -0.15) is 0 Å². The summed E-state index contributed by atoms with van der Waals surface area (Å²) < 4.78 is 6.05. The molecule has 6 heteroatoms. The molecule has 0 bridgehead atoms. The maximum absolute atomic E-state index is 12.0. The van der Waals surface area contributed by atoms with Gasteiger partial charge in [0.15, 0.2) is 0 Å². The molecular weight excluding hydrogens is 320 g/mol. The Labute approximate surface area is 119 Å². The number of hydrogen-bond acceptors (Lipinski definition) is 3. The second-order valence-electron chi connectivity index (χ2n) is 4.06. The van der Waals surface area contributed by atoms with Crippen LogP contribution < -0.4 is 10.6 Å². The van der Waals surface area contributed by atoms with Gasteiger partial charge in [-0.1, -0.05) is 11.6 Å². The molecule has 2 N–H and O–H groups in total. The normalized spacial score (nSPS) is 19.6. The summed E-state index contributed by atoms with van der Waals surface area (Å²) in [6.07, 6.45) is 0. The summed E-state index contributed by atoms with van der Waals surface area (Å²) >= 11 is 9.21. The molecule has 0 radical (unpaired) electrons. The van der Waals surface area contributed by atoms with Crippen molar-refractivity contribution in [3.8, 4) is 0 Å². The van der Waals surface area contributed by atoms with Crippen LogP contribution in [0.25, 0.3) is 0 Å². The van der Waals surface area contributed by atoms with Gasteiger partial charge < -0.3 is 15.4 Å². The van der Waals surface area contributed by atoms with Crippen LogP contribution in [0.2, 0.25) is 5.02 Å². The average molecular weight is 334 g/mol. The maximum Gasteiger partial charge on any atom is 0.252 e. The molecule has 0 aliphatic carbocycles. The number of hydrogen-bond donors (Lipinski definition) is 2. The first-order valence-corrected chi connectivity index (χ1v) is 6.88. The predicted octanol–water partition coefficient (Wildman–Crippen LogP) is 1.82.